The zero-order valence-corrected chi connectivity index (χ0v) is 25.4. The largest absolute Gasteiger partial charge is 0.462 e. The first-order valence-corrected chi connectivity index (χ1v) is 15.7. The lowest BCUT2D eigenvalue weighted by molar-refractivity contribution is -0.149. The molecule has 0 aliphatic rings. The first-order valence-electron chi connectivity index (χ1n) is 14.3. The summed E-state index contributed by atoms with van der Waals surface area (Å²) in [6.45, 7) is 6.64. The molecule has 12 nitrogen and oxygen atoms in total. The number of nitrogen functional groups attached to an aromatic ring is 1. The molecule has 0 saturated heterocycles. The molecule has 228 valence electrons. The Kier molecular flexibility index (Phi) is 11.9. The summed E-state index contributed by atoms with van der Waals surface area (Å²) in [7, 11) is -1.93. The van der Waals surface area contributed by atoms with E-state index in [0.29, 0.717) is 57.6 Å². The fourth-order valence-corrected chi connectivity index (χ4v) is 5.63. The van der Waals surface area contributed by atoms with Crippen LogP contribution < -0.4 is 16.4 Å². The van der Waals surface area contributed by atoms with Gasteiger partial charge in [0.15, 0.2) is 23.4 Å². The van der Waals surface area contributed by atoms with Gasteiger partial charge in [0, 0.05) is 32.6 Å². The lowest BCUT2D eigenvalue weighted by Gasteiger charge is -2.21. The minimum Gasteiger partial charge on any atom is -0.462 e. The van der Waals surface area contributed by atoms with Gasteiger partial charge in [-0.1, -0.05) is 70.3 Å². The molecular formula is C30H39N7O5P+. The molecule has 0 bridgehead atoms. The molecule has 2 atom stereocenters. The third-order valence-corrected chi connectivity index (χ3v) is 7.86. The van der Waals surface area contributed by atoms with Crippen molar-refractivity contribution in [3.05, 3.63) is 88.5 Å². The van der Waals surface area contributed by atoms with Gasteiger partial charge in [-0.15, -0.1) is 0 Å². The Balaban J connectivity index is 1.38. The summed E-state index contributed by atoms with van der Waals surface area (Å²) < 4.78 is 26.4. The Morgan fingerprint density at radius 2 is 1.77 bits per heavy atom. The zero-order chi connectivity index (χ0) is 30.6. The van der Waals surface area contributed by atoms with Crippen molar-refractivity contribution < 1.29 is 18.8 Å². The Morgan fingerprint density at radius 3 is 2.47 bits per heavy atom. The number of rotatable bonds is 17. The number of aromatic amines is 1. The van der Waals surface area contributed by atoms with Crippen molar-refractivity contribution >= 4 is 31.0 Å². The van der Waals surface area contributed by atoms with E-state index < -0.39 is 25.5 Å². The van der Waals surface area contributed by atoms with E-state index >= 15 is 0 Å². The topological polar surface area (TPSA) is 157 Å². The second-order valence-corrected chi connectivity index (χ2v) is 11.9. The van der Waals surface area contributed by atoms with E-state index in [-0.39, 0.29) is 17.6 Å². The highest BCUT2D eigenvalue weighted by Gasteiger charge is 2.30. The smallest absolute Gasteiger partial charge is 0.434 e. The first-order chi connectivity index (χ1) is 20.8. The average molecular weight is 609 g/mol. The van der Waals surface area contributed by atoms with Gasteiger partial charge < -0.3 is 19.8 Å². The van der Waals surface area contributed by atoms with E-state index in [9.17, 15) is 14.2 Å². The maximum absolute atomic E-state index is 13.2. The third kappa shape index (κ3) is 10.1. The second-order valence-electron chi connectivity index (χ2n) is 10.4. The number of esters is 1. The third-order valence-electron chi connectivity index (χ3n) is 6.65. The molecule has 2 aromatic carbocycles. The monoisotopic (exact) mass is 608 g/mol. The van der Waals surface area contributed by atoms with Gasteiger partial charge in [0.2, 0.25) is 5.95 Å². The van der Waals surface area contributed by atoms with Gasteiger partial charge >= 0.3 is 13.9 Å². The van der Waals surface area contributed by atoms with Crippen LogP contribution in [0.25, 0.3) is 11.2 Å². The predicted octanol–water partition coefficient (Wildman–Crippen LogP) is 3.12. The van der Waals surface area contributed by atoms with Crippen molar-refractivity contribution in [3.63, 3.8) is 0 Å². The highest BCUT2D eigenvalue weighted by molar-refractivity contribution is 7.42. The molecule has 0 aliphatic heterocycles. The maximum atomic E-state index is 13.2. The normalized spacial score (nSPS) is 12.6. The fraction of sp³-hybridized carbons (Fsp3) is 0.400. The Morgan fingerprint density at radius 1 is 1.07 bits per heavy atom. The van der Waals surface area contributed by atoms with Crippen LogP contribution in [0.3, 0.4) is 0 Å². The molecule has 0 radical (unpaired) electrons. The highest BCUT2D eigenvalue weighted by Crippen LogP contribution is 2.19. The molecule has 4 N–H and O–H groups in total. The summed E-state index contributed by atoms with van der Waals surface area (Å²) in [5, 5.41) is 3.02. The molecule has 2 heterocycles. The van der Waals surface area contributed by atoms with E-state index in [0.717, 1.165) is 11.1 Å². The average Bonchev–Trinajstić information content (AvgIpc) is 3.39. The zero-order valence-electron chi connectivity index (χ0n) is 24.5. The van der Waals surface area contributed by atoms with Crippen molar-refractivity contribution in [2.24, 2.45) is 0 Å². The number of carbonyl (C=O) groups is 1. The Bertz CT molecular complexity index is 1530. The molecule has 2 aromatic heterocycles. The number of ether oxygens (including phenoxy) is 2. The number of aromatic nitrogens is 4. The van der Waals surface area contributed by atoms with Gasteiger partial charge in [0.1, 0.15) is 0 Å². The van der Waals surface area contributed by atoms with Crippen LogP contribution in [-0.4, -0.2) is 74.9 Å². The number of hydrogen-bond donors (Lipinski definition) is 3. The molecule has 0 spiro atoms. The molecule has 0 amide bonds. The molecular weight excluding hydrogens is 569 g/mol. The van der Waals surface area contributed by atoms with E-state index in [4.69, 9.17) is 15.2 Å². The lowest BCUT2D eigenvalue weighted by Crippen LogP contribution is -2.38. The molecule has 1 unspecified atom stereocenters. The SMILES string of the molecule is CC(C)OC(=O)[C@H](Cc1ccccc1)N[P+](=O)CCN(CCOCc1ccccc1)CCn1cnc2c(=O)[nH]c(N)nc21. The van der Waals surface area contributed by atoms with Gasteiger partial charge in [0.05, 0.1) is 25.6 Å². The summed E-state index contributed by atoms with van der Waals surface area (Å²) in [5.74, 6) is -0.406. The number of imidazole rings is 1. The maximum Gasteiger partial charge on any atom is 0.434 e. The van der Waals surface area contributed by atoms with Gasteiger partial charge in [-0.25, -0.2) is 4.98 Å². The summed E-state index contributed by atoms with van der Waals surface area (Å²) in [6.07, 6.45) is 1.96. The highest BCUT2D eigenvalue weighted by atomic mass is 31.1. The molecule has 0 saturated carbocycles. The van der Waals surface area contributed by atoms with Crippen LogP contribution in [0.15, 0.2) is 71.8 Å². The van der Waals surface area contributed by atoms with E-state index in [1.54, 1.807) is 24.7 Å². The number of nitrogens with zero attached hydrogens (tertiary/aromatic N) is 4. The van der Waals surface area contributed by atoms with Gasteiger partial charge in [-0.3, -0.25) is 19.5 Å². The molecule has 4 rings (SSSR count). The summed E-state index contributed by atoms with van der Waals surface area (Å²) in [6, 6.07) is 18.8. The molecule has 0 fully saturated rings. The van der Waals surface area contributed by atoms with Gasteiger partial charge in [-0.05, 0) is 25.0 Å². The number of hydrogen-bond acceptors (Lipinski definition) is 9. The molecule has 43 heavy (non-hydrogen) atoms. The van der Waals surface area contributed by atoms with Crippen LogP contribution in [0, 0.1) is 0 Å². The van der Waals surface area contributed by atoms with Crippen molar-refractivity contribution in [2.75, 3.05) is 38.1 Å². The van der Waals surface area contributed by atoms with Crippen molar-refractivity contribution in [2.45, 2.75) is 45.6 Å². The predicted molar refractivity (Wildman–Crippen MR) is 166 cm³/mol. The number of anilines is 1. The van der Waals surface area contributed by atoms with Gasteiger partial charge in [-0.2, -0.15) is 4.98 Å². The van der Waals surface area contributed by atoms with E-state index in [1.807, 2.05) is 60.7 Å². The number of H-pyrrole nitrogens is 1. The number of fused-ring (bicyclic) bond motifs is 1. The van der Waals surface area contributed by atoms with Crippen molar-refractivity contribution in [3.8, 4) is 0 Å². The van der Waals surface area contributed by atoms with Crippen molar-refractivity contribution in [1.82, 2.24) is 29.5 Å². The first kappa shape index (κ1) is 32.0. The number of carbonyl (C=O) groups excluding carboxylic acids is 1. The van der Waals surface area contributed by atoms with Crippen LogP contribution in [-0.2, 0) is 38.4 Å². The second kappa shape index (κ2) is 16.0. The van der Waals surface area contributed by atoms with Crippen LogP contribution >= 0.6 is 7.95 Å². The minimum absolute atomic E-state index is 0.0227. The van der Waals surface area contributed by atoms with Crippen LogP contribution in [0.5, 0.6) is 0 Å². The number of nitrogens with one attached hydrogen (secondary N) is 2. The molecule has 0 aliphatic carbocycles. The summed E-state index contributed by atoms with van der Waals surface area (Å²) in [4.78, 5) is 38.0. The Labute approximate surface area is 251 Å². The van der Waals surface area contributed by atoms with Crippen LogP contribution in [0.2, 0.25) is 0 Å². The summed E-state index contributed by atoms with van der Waals surface area (Å²) >= 11 is 0. The lowest BCUT2D eigenvalue weighted by atomic mass is 10.1. The quantitative estimate of drug-likeness (QED) is 0.0924. The number of benzene rings is 2. The van der Waals surface area contributed by atoms with E-state index in [1.165, 1.54) is 0 Å². The van der Waals surface area contributed by atoms with Gasteiger partial charge in [0.25, 0.3) is 5.56 Å². The van der Waals surface area contributed by atoms with Crippen LogP contribution in [0.1, 0.15) is 25.0 Å². The molecule has 13 heteroatoms. The minimum atomic E-state index is -1.93. The van der Waals surface area contributed by atoms with Crippen molar-refractivity contribution in [1.29, 1.82) is 0 Å². The standard InChI is InChI=1S/C30H38N7O5P/c1-22(2)42-29(39)25(19-23-9-5-3-6-10-23)35-43(40)18-16-36(15-17-41-20-24-11-7-4-8-12-24)13-14-37-21-32-26-27(37)33-30(31)34-28(26)38/h3-12,21-22,25H,13-20H2,1-2H3,(H3-,31,33,34,35,38,40)/p+1/t25-/m0/s1. The molecule has 4 aromatic rings. The fourth-order valence-electron chi connectivity index (χ4n) is 4.49. The summed E-state index contributed by atoms with van der Waals surface area (Å²) in [5.41, 5.74) is 8.01. The Hall–Kier alpha value is -3.96. The van der Waals surface area contributed by atoms with Crippen LogP contribution in [0.4, 0.5) is 5.95 Å². The number of nitrogens with two attached hydrogens (primary N) is 1. The van der Waals surface area contributed by atoms with E-state index in [2.05, 4.69) is 24.9 Å².